The molecule has 2 nitrogen and oxygen atoms in total. The van der Waals surface area contributed by atoms with Crippen LogP contribution in [-0.4, -0.2) is 31.2 Å². The Morgan fingerprint density at radius 2 is 2.28 bits per heavy atom. The zero-order valence-electron chi connectivity index (χ0n) is 10.9. The van der Waals surface area contributed by atoms with E-state index < -0.39 is 0 Å². The highest BCUT2D eigenvalue weighted by Gasteiger charge is 2.27. The molecule has 2 atom stereocenters. The summed E-state index contributed by atoms with van der Waals surface area (Å²) in [5, 5.41) is 4.36. The van der Waals surface area contributed by atoms with Crippen LogP contribution in [0.2, 0.25) is 5.02 Å². The summed E-state index contributed by atoms with van der Waals surface area (Å²) in [7, 11) is 1.72. The van der Waals surface area contributed by atoms with Crippen LogP contribution in [0.3, 0.4) is 0 Å². The van der Waals surface area contributed by atoms with Gasteiger partial charge in [-0.05, 0) is 48.4 Å². The van der Waals surface area contributed by atoms with Gasteiger partial charge >= 0.3 is 0 Å². The van der Waals surface area contributed by atoms with Gasteiger partial charge in [0.2, 0.25) is 0 Å². The van der Waals surface area contributed by atoms with Gasteiger partial charge in [0.15, 0.2) is 0 Å². The van der Waals surface area contributed by atoms with Gasteiger partial charge in [0, 0.05) is 16.8 Å². The summed E-state index contributed by atoms with van der Waals surface area (Å²) in [5.41, 5.74) is 1.22. The van der Waals surface area contributed by atoms with Crippen LogP contribution < -0.4 is 10.1 Å². The lowest BCUT2D eigenvalue weighted by Crippen LogP contribution is -2.36. The highest BCUT2D eigenvalue weighted by Crippen LogP contribution is 2.31. The van der Waals surface area contributed by atoms with E-state index in [1.165, 1.54) is 17.1 Å². The average Bonchev–Trinajstić information content (AvgIpc) is 2.78. The van der Waals surface area contributed by atoms with E-state index in [0.717, 1.165) is 23.7 Å². The quantitative estimate of drug-likeness (QED) is 0.897. The maximum atomic E-state index is 6.08. The molecule has 1 aliphatic rings. The number of nitrogens with one attached hydrogen (secondary N) is 1. The third kappa shape index (κ3) is 3.34. The first-order valence-corrected chi connectivity index (χ1v) is 7.91. The molecule has 1 aliphatic heterocycles. The predicted molar refractivity (Wildman–Crippen MR) is 80.0 cm³/mol. The van der Waals surface area contributed by atoms with E-state index >= 15 is 0 Å². The van der Waals surface area contributed by atoms with Crippen molar-refractivity contribution in [2.75, 3.05) is 25.2 Å². The second kappa shape index (κ2) is 6.69. The third-order valence-corrected chi connectivity index (χ3v) is 4.88. The molecule has 0 radical (unpaired) electrons. The molecule has 0 saturated carbocycles. The normalized spacial score (nSPS) is 23.3. The van der Waals surface area contributed by atoms with Crippen molar-refractivity contribution in [2.45, 2.75) is 19.4 Å². The van der Waals surface area contributed by atoms with Crippen molar-refractivity contribution >= 4 is 23.4 Å². The fourth-order valence-corrected chi connectivity index (χ4v) is 4.10. The van der Waals surface area contributed by atoms with Crippen molar-refractivity contribution in [1.82, 2.24) is 5.32 Å². The van der Waals surface area contributed by atoms with Crippen LogP contribution >= 0.6 is 23.4 Å². The third-order valence-electron chi connectivity index (χ3n) is 3.39. The summed E-state index contributed by atoms with van der Waals surface area (Å²) >= 11 is 8.11. The lowest BCUT2D eigenvalue weighted by Gasteiger charge is -2.20. The van der Waals surface area contributed by atoms with Crippen molar-refractivity contribution in [3.8, 4) is 5.75 Å². The van der Waals surface area contributed by atoms with Gasteiger partial charge in [-0.2, -0.15) is 11.8 Å². The van der Waals surface area contributed by atoms with E-state index in [4.69, 9.17) is 16.3 Å². The van der Waals surface area contributed by atoms with Crippen molar-refractivity contribution in [3.05, 3.63) is 28.8 Å². The zero-order valence-corrected chi connectivity index (χ0v) is 12.5. The van der Waals surface area contributed by atoms with Crippen LogP contribution in [-0.2, 0) is 6.42 Å². The van der Waals surface area contributed by atoms with Gasteiger partial charge in [0.25, 0.3) is 0 Å². The smallest absolute Gasteiger partial charge is 0.122 e. The van der Waals surface area contributed by atoms with Gasteiger partial charge in [-0.3, -0.25) is 0 Å². The molecule has 100 valence electrons. The number of methoxy groups -OCH3 is 1. The molecular formula is C14H20ClNOS. The lowest BCUT2D eigenvalue weighted by atomic mass is 9.94. The average molecular weight is 286 g/mol. The Labute approximate surface area is 118 Å². The van der Waals surface area contributed by atoms with Gasteiger partial charge in [-0.25, -0.2) is 0 Å². The van der Waals surface area contributed by atoms with E-state index in [0.29, 0.717) is 12.0 Å². The van der Waals surface area contributed by atoms with Crippen LogP contribution in [0.4, 0.5) is 0 Å². The molecule has 2 unspecified atom stereocenters. The Kier molecular flexibility index (Phi) is 5.22. The van der Waals surface area contributed by atoms with Gasteiger partial charge in [0.1, 0.15) is 5.75 Å². The second-order valence-electron chi connectivity index (χ2n) is 4.62. The summed E-state index contributed by atoms with van der Waals surface area (Å²) in [6, 6.07) is 6.49. The summed E-state index contributed by atoms with van der Waals surface area (Å²) in [6.07, 6.45) is 1.04. The van der Waals surface area contributed by atoms with Gasteiger partial charge in [0.05, 0.1) is 7.11 Å². The number of ether oxygens (including phenoxy) is 1. The number of thioether (sulfide) groups is 1. The molecular weight excluding hydrogens is 266 g/mol. The molecule has 0 spiro atoms. The molecule has 0 bridgehead atoms. The number of halogens is 1. The molecule has 2 rings (SSSR count). The molecule has 18 heavy (non-hydrogen) atoms. The van der Waals surface area contributed by atoms with Crippen LogP contribution in [0.25, 0.3) is 0 Å². The first kappa shape index (κ1) is 14.0. The molecule has 0 amide bonds. The van der Waals surface area contributed by atoms with E-state index in [2.05, 4.69) is 12.2 Å². The number of hydrogen-bond donors (Lipinski definition) is 1. The molecule has 1 aromatic rings. The van der Waals surface area contributed by atoms with Crippen molar-refractivity contribution in [1.29, 1.82) is 0 Å². The number of hydrogen-bond acceptors (Lipinski definition) is 3. The van der Waals surface area contributed by atoms with Crippen LogP contribution in [0, 0.1) is 5.92 Å². The predicted octanol–water partition coefficient (Wildman–Crippen LogP) is 3.23. The van der Waals surface area contributed by atoms with Crippen molar-refractivity contribution in [3.63, 3.8) is 0 Å². The zero-order chi connectivity index (χ0) is 13.0. The molecule has 1 saturated heterocycles. The van der Waals surface area contributed by atoms with Crippen molar-refractivity contribution < 1.29 is 4.74 Å². The standard InChI is InChI=1S/C14H20ClNOS/c1-3-16-13-9-18-8-11(13)6-10-7-12(15)4-5-14(10)17-2/h4-5,7,11,13,16H,3,6,8-9H2,1-2H3. The maximum Gasteiger partial charge on any atom is 0.122 e. The summed E-state index contributed by atoms with van der Waals surface area (Å²) in [5.74, 6) is 4.04. The lowest BCUT2D eigenvalue weighted by molar-refractivity contribution is 0.394. The minimum absolute atomic E-state index is 0.615. The number of rotatable bonds is 5. The first-order chi connectivity index (χ1) is 8.74. The monoisotopic (exact) mass is 285 g/mol. The molecule has 1 aromatic carbocycles. The van der Waals surface area contributed by atoms with Crippen LogP contribution in [0.1, 0.15) is 12.5 Å². The largest absolute Gasteiger partial charge is 0.496 e. The Morgan fingerprint density at radius 1 is 1.44 bits per heavy atom. The summed E-state index contributed by atoms with van der Waals surface area (Å²) < 4.78 is 5.42. The topological polar surface area (TPSA) is 21.3 Å². The highest BCUT2D eigenvalue weighted by molar-refractivity contribution is 7.99. The van der Waals surface area contributed by atoms with E-state index in [-0.39, 0.29) is 0 Å². The Hall–Kier alpha value is -0.380. The molecule has 1 N–H and O–H groups in total. The first-order valence-electron chi connectivity index (χ1n) is 6.38. The summed E-state index contributed by atoms with van der Waals surface area (Å²) in [4.78, 5) is 0. The molecule has 1 fully saturated rings. The Balaban J connectivity index is 2.10. The van der Waals surface area contributed by atoms with Crippen LogP contribution in [0.15, 0.2) is 18.2 Å². The minimum Gasteiger partial charge on any atom is -0.496 e. The molecule has 0 aromatic heterocycles. The fourth-order valence-electron chi connectivity index (χ4n) is 2.48. The van der Waals surface area contributed by atoms with E-state index in [1.54, 1.807) is 7.11 Å². The fraction of sp³-hybridized carbons (Fsp3) is 0.571. The van der Waals surface area contributed by atoms with E-state index in [9.17, 15) is 0 Å². The van der Waals surface area contributed by atoms with Gasteiger partial charge < -0.3 is 10.1 Å². The van der Waals surface area contributed by atoms with E-state index in [1.807, 2.05) is 30.0 Å². The number of benzene rings is 1. The van der Waals surface area contributed by atoms with Gasteiger partial charge in [-0.1, -0.05) is 18.5 Å². The molecule has 0 aliphatic carbocycles. The van der Waals surface area contributed by atoms with Crippen molar-refractivity contribution in [2.24, 2.45) is 5.92 Å². The molecule has 1 heterocycles. The Morgan fingerprint density at radius 3 is 3.00 bits per heavy atom. The van der Waals surface area contributed by atoms with Crippen LogP contribution in [0.5, 0.6) is 5.75 Å². The highest BCUT2D eigenvalue weighted by atomic mass is 35.5. The summed E-state index contributed by atoms with van der Waals surface area (Å²) in [6.45, 7) is 3.20. The Bertz CT molecular complexity index is 399. The minimum atomic E-state index is 0.615. The maximum absolute atomic E-state index is 6.08. The molecule has 4 heteroatoms. The van der Waals surface area contributed by atoms with Gasteiger partial charge in [-0.15, -0.1) is 0 Å². The SMILES string of the molecule is CCNC1CSCC1Cc1cc(Cl)ccc1OC. The second-order valence-corrected chi connectivity index (χ2v) is 6.13.